The van der Waals surface area contributed by atoms with Crippen molar-refractivity contribution in [1.29, 1.82) is 0 Å². The van der Waals surface area contributed by atoms with E-state index in [1.54, 1.807) is 33.7 Å². The van der Waals surface area contributed by atoms with Gasteiger partial charge in [-0.1, -0.05) is 25.0 Å². The van der Waals surface area contributed by atoms with Gasteiger partial charge in [-0.3, -0.25) is 14.4 Å². The number of hydrogen-bond donors (Lipinski definition) is 1. The van der Waals surface area contributed by atoms with Crippen LogP contribution >= 0.6 is 11.8 Å². The van der Waals surface area contributed by atoms with Crippen LogP contribution in [0.4, 0.5) is 0 Å². The number of piperazine rings is 1. The van der Waals surface area contributed by atoms with Crippen molar-refractivity contribution in [3.05, 3.63) is 35.4 Å². The monoisotopic (exact) mass is 373 g/mol. The molecule has 1 saturated carbocycles. The summed E-state index contributed by atoms with van der Waals surface area (Å²) in [7, 11) is 0. The summed E-state index contributed by atoms with van der Waals surface area (Å²) in [6.45, 7) is 0.546. The van der Waals surface area contributed by atoms with E-state index in [-0.39, 0.29) is 30.3 Å². The van der Waals surface area contributed by atoms with Gasteiger partial charge in [0.25, 0.3) is 5.91 Å². The maximum Gasteiger partial charge on any atom is 0.251 e. The van der Waals surface area contributed by atoms with E-state index >= 15 is 0 Å². The van der Waals surface area contributed by atoms with Crippen molar-refractivity contribution in [2.24, 2.45) is 0 Å². The zero-order chi connectivity index (χ0) is 18.1. The first-order valence-electron chi connectivity index (χ1n) is 9.17. The van der Waals surface area contributed by atoms with E-state index < -0.39 is 0 Å². The first-order chi connectivity index (χ1) is 12.6. The zero-order valence-electron chi connectivity index (χ0n) is 14.6. The van der Waals surface area contributed by atoms with Crippen LogP contribution in [0.3, 0.4) is 0 Å². The summed E-state index contributed by atoms with van der Waals surface area (Å²) in [6, 6.07) is 7.33. The highest BCUT2D eigenvalue weighted by atomic mass is 32.2. The number of hydrogen-bond acceptors (Lipinski definition) is 4. The number of benzene rings is 1. The van der Waals surface area contributed by atoms with Gasteiger partial charge in [0, 0.05) is 23.9 Å². The number of fused-ring (bicyclic) bond motifs is 1. The molecule has 0 aromatic heterocycles. The number of amides is 3. The summed E-state index contributed by atoms with van der Waals surface area (Å²) in [5, 5.41) is 3.08. The van der Waals surface area contributed by atoms with E-state index in [0.717, 1.165) is 18.4 Å². The van der Waals surface area contributed by atoms with Gasteiger partial charge in [0.1, 0.15) is 12.6 Å². The normalized spacial score (nSPS) is 23.5. The van der Waals surface area contributed by atoms with Crippen LogP contribution in [0.2, 0.25) is 0 Å². The van der Waals surface area contributed by atoms with Crippen molar-refractivity contribution in [2.45, 2.75) is 44.3 Å². The highest BCUT2D eigenvalue weighted by Crippen LogP contribution is 2.26. The fourth-order valence-electron chi connectivity index (χ4n) is 3.89. The molecule has 1 aromatic carbocycles. The highest BCUT2D eigenvalue weighted by molar-refractivity contribution is 7.99. The predicted molar refractivity (Wildman–Crippen MR) is 99.5 cm³/mol. The van der Waals surface area contributed by atoms with E-state index in [1.807, 2.05) is 12.1 Å². The summed E-state index contributed by atoms with van der Waals surface area (Å²) in [5.41, 5.74) is 1.57. The predicted octanol–water partition coefficient (Wildman–Crippen LogP) is 1.60. The van der Waals surface area contributed by atoms with Crippen LogP contribution in [0.15, 0.2) is 24.3 Å². The van der Waals surface area contributed by atoms with Gasteiger partial charge in [0.15, 0.2) is 0 Å². The molecular weight excluding hydrogens is 350 g/mol. The van der Waals surface area contributed by atoms with Gasteiger partial charge in [-0.25, -0.2) is 0 Å². The SMILES string of the molecule is O=C(NC1CCCC1)c1ccc(CN2CC(=O)N3CSCC3C2=O)cc1. The highest BCUT2D eigenvalue weighted by Gasteiger charge is 2.42. The van der Waals surface area contributed by atoms with Crippen LogP contribution in [0.5, 0.6) is 0 Å². The van der Waals surface area contributed by atoms with Crippen molar-refractivity contribution in [1.82, 2.24) is 15.1 Å². The number of nitrogens with one attached hydrogen (secondary N) is 1. The largest absolute Gasteiger partial charge is 0.349 e. The van der Waals surface area contributed by atoms with Gasteiger partial charge in [-0.15, -0.1) is 11.8 Å². The molecule has 1 N–H and O–H groups in total. The molecule has 4 rings (SSSR count). The molecule has 0 spiro atoms. The van der Waals surface area contributed by atoms with E-state index in [2.05, 4.69) is 5.32 Å². The Morgan fingerprint density at radius 3 is 2.62 bits per heavy atom. The average molecular weight is 373 g/mol. The van der Waals surface area contributed by atoms with Gasteiger partial charge in [0.05, 0.1) is 5.88 Å². The molecule has 0 radical (unpaired) electrons. The van der Waals surface area contributed by atoms with E-state index in [1.165, 1.54) is 12.8 Å². The molecule has 6 nitrogen and oxygen atoms in total. The Bertz CT molecular complexity index is 715. The Morgan fingerprint density at radius 1 is 1.15 bits per heavy atom. The van der Waals surface area contributed by atoms with Crippen LogP contribution in [-0.2, 0) is 16.1 Å². The molecule has 2 heterocycles. The second kappa shape index (κ2) is 7.31. The molecule has 1 aliphatic carbocycles. The van der Waals surface area contributed by atoms with Crippen molar-refractivity contribution >= 4 is 29.5 Å². The topological polar surface area (TPSA) is 69.7 Å². The molecule has 1 atom stereocenters. The molecule has 0 bridgehead atoms. The minimum absolute atomic E-state index is 0.0205. The minimum Gasteiger partial charge on any atom is -0.349 e. The van der Waals surface area contributed by atoms with Crippen molar-refractivity contribution in [3.63, 3.8) is 0 Å². The second-order valence-corrected chi connectivity index (χ2v) is 8.23. The Hall–Kier alpha value is -2.02. The maximum absolute atomic E-state index is 12.6. The number of carbonyl (C=O) groups is 3. The van der Waals surface area contributed by atoms with Crippen molar-refractivity contribution in [3.8, 4) is 0 Å². The molecule has 1 aromatic rings. The molecule has 7 heteroatoms. The fourth-order valence-corrected chi connectivity index (χ4v) is 5.06. The van der Waals surface area contributed by atoms with Gasteiger partial charge < -0.3 is 15.1 Å². The smallest absolute Gasteiger partial charge is 0.251 e. The molecule has 2 saturated heterocycles. The van der Waals surface area contributed by atoms with E-state index in [0.29, 0.717) is 29.8 Å². The quantitative estimate of drug-likeness (QED) is 0.870. The van der Waals surface area contributed by atoms with Gasteiger partial charge >= 0.3 is 0 Å². The van der Waals surface area contributed by atoms with Crippen LogP contribution in [-0.4, -0.2) is 57.8 Å². The Labute approximate surface area is 157 Å². The average Bonchev–Trinajstić information content (AvgIpc) is 3.32. The summed E-state index contributed by atoms with van der Waals surface area (Å²) >= 11 is 1.63. The van der Waals surface area contributed by atoms with Crippen LogP contribution < -0.4 is 5.32 Å². The number of thioether (sulfide) groups is 1. The van der Waals surface area contributed by atoms with Gasteiger partial charge in [-0.2, -0.15) is 0 Å². The number of nitrogens with zero attached hydrogens (tertiary/aromatic N) is 2. The lowest BCUT2D eigenvalue weighted by atomic mass is 10.1. The van der Waals surface area contributed by atoms with Gasteiger partial charge in [0.2, 0.25) is 11.8 Å². The standard InChI is InChI=1S/C19H23N3O3S/c23-17-10-21(19(25)16-11-26-12-22(16)17)9-13-5-7-14(8-6-13)18(24)20-15-3-1-2-4-15/h5-8,15-16H,1-4,9-12H2,(H,20,24). The molecule has 26 heavy (non-hydrogen) atoms. The first kappa shape index (κ1) is 17.4. The van der Waals surface area contributed by atoms with E-state index in [4.69, 9.17) is 0 Å². The summed E-state index contributed by atoms with van der Waals surface area (Å²) < 4.78 is 0. The van der Waals surface area contributed by atoms with E-state index in [9.17, 15) is 14.4 Å². The fraction of sp³-hybridized carbons (Fsp3) is 0.526. The third kappa shape index (κ3) is 3.45. The molecule has 138 valence electrons. The second-order valence-electron chi connectivity index (χ2n) is 7.23. The molecule has 2 aliphatic heterocycles. The maximum atomic E-state index is 12.6. The lowest BCUT2D eigenvalue weighted by Crippen LogP contribution is -2.57. The third-order valence-corrected chi connectivity index (χ3v) is 6.42. The summed E-state index contributed by atoms with van der Waals surface area (Å²) in [4.78, 5) is 40.4. The Kier molecular flexibility index (Phi) is 4.89. The van der Waals surface area contributed by atoms with Crippen molar-refractivity contribution < 1.29 is 14.4 Å². The van der Waals surface area contributed by atoms with Gasteiger partial charge in [-0.05, 0) is 30.5 Å². The minimum atomic E-state index is -0.308. The lowest BCUT2D eigenvalue weighted by Gasteiger charge is -2.35. The van der Waals surface area contributed by atoms with Crippen LogP contribution in [0, 0.1) is 0 Å². The van der Waals surface area contributed by atoms with Crippen LogP contribution in [0.25, 0.3) is 0 Å². The Morgan fingerprint density at radius 2 is 1.88 bits per heavy atom. The molecular formula is C19H23N3O3S. The summed E-state index contributed by atoms with van der Waals surface area (Å²) in [5.74, 6) is 1.31. The molecule has 3 amide bonds. The Balaban J connectivity index is 1.38. The summed E-state index contributed by atoms with van der Waals surface area (Å²) in [6.07, 6.45) is 4.49. The lowest BCUT2D eigenvalue weighted by molar-refractivity contribution is -0.153. The first-order valence-corrected chi connectivity index (χ1v) is 10.3. The number of carbonyl (C=O) groups excluding carboxylic acids is 3. The zero-order valence-corrected chi connectivity index (χ0v) is 15.5. The van der Waals surface area contributed by atoms with Crippen LogP contribution in [0.1, 0.15) is 41.6 Å². The molecule has 3 fully saturated rings. The van der Waals surface area contributed by atoms with Crippen molar-refractivity contribution in [2.75, 3.05) is 18.2 Å². The molecule has 1 unspecified atom stereocenters. The third-order valence-electron chi connectivity index (χ3n) is 5.41. The number of rotatable bonds is 4. The molecule has 3 aliphatic rings.